The second-order valence-corrected chi connectivity index (χ2v) is 5.47. The van der Waals surface area contributed by atoms with Gasteiger partial charge in [-0.3, -0.25) is 4.90 Å². The number of nitrogens with zero attached hydrogens (tertiary/aromatic N) is 1. The van der Waals surface area contributed by atoms with Crippen molar-refractivity contribution >= 4 is 0 Å². The van der Waals surface area contributed by atoms with Crippen LogP contribution in [0.15, 0.2) is 18.2 Å². The molecule has 3 rings (SSSR count). The Labute approximate surface area is 117 Å². The summed E-state index contributed by atoms with van der Waals surface area (Å²) < 4.78 is 37.5. The number of morpholine rings is 1. The second-order valence-electron chi connectivity index (χ2n) is 5.47. The van der Waals surface area contributed by atoms with Crippen molar-refractivity contribution in [3.05, 3.63) is 35.4 Å². The van der Waals surface area contributed by atoms with Crippen molar-refractivity contribution in [3.63, 3.8) is 0 Å². The van der Waals surface area contributed by atoms with Gasteiger partial charge in [-0.05, 0) is 30.5 Å². The second kappa shape index (κ2) is 5.76. The first kappa shape index (κ1) is 13.9. The van der Waals surface area contributed by atoms with Gasteiger partial charge in [0.1, 0.15) is 0 Å². The Balaban J connectivity index is 1.72. The Bertz CT molecular complexity index is 483. The molecule has 0 N–H and O–H groups in total. The summed E-state index contributed by atoms with van der Waals surface area (Å²) in [6.45, 7) is 2.10. The lowest BCUT2D eigenvalue weighted by molar-refractivity contribution is -0.106. The summed E-state index contributed by atoms with van der Waals surface area (Å²) >= 11 is 0. The molecule has 1 aliphatic carbocycles. The van der Waals surface area contributed by atoms with Crippen LogP contribution in [-0.4, -0.2) is 43.4 Å². The first-order chi connectivity index (χ1) is 9.69. The minimum atomic E-state index is -0.797. The normalized spacial score (nSPS) is 30.4. The third-order valence-corrected chi connectivity index (χ3v) is 4.32. The zero-order valence-electron chi connectivity index (χ0n) is 11.5. The van der Waals surface area contributed by atoms with Gasteiger partial charge in [0.2, 0.25) is 0 Å². The lowest BCUT2D eigenvalue weighted by Gasteiger charge is -2.38. The molecule has 110 valence electrons. The molecule has 0 spiro atoms. The molecule has 5 heteroatoms. The van der Waals surface area contributed by atoms with Crippen molar-refractivity contribution in [2.45, 2.75) is 37.6 Å². The highest BCUT2D eigenvalue weighted by Gasteiger charge is 2.42. The van der Waals surface area contributed by atoms with Crippen molar-refractivity contribution in [3.8, 4) is 0 Å². The van der Waals surface area contributed by atoms with E-state index < -0.39 is 11.6 Å². The molecular formula is C15H19F2NO2. The summed E-state index contributed by atoms with van der Waals surface area (Å²) in [5.41, 5.74) is 0.797. The maximum atomic E-state index is 13.3. The predicted octanol–water partition coefficient (Wildman–Crippen LogP) is 2.34. The number of hydrogen-bond donors (Lipinski definition) is 0. The van der Waals surface area contributed by atoms with Gasteiger partial charge >= 0.3 is 0 Å². The molecule has 3 nitrogen and oxygen atoms in total. The van der Waals surface area contributed by atoms with Crippen molar-refractivity contribution in [1.29, 1.82) is 0 Å². The zero-order chi connectivity index (χ0) is 14.1. The lowest BCUT2D eigenvalue weighted by Crippen LogP contribution is -2.51. The van der Waals surface area contributed by atoms with Crippen LogP contribution < -0.4 is 0 Å². The summed E-state index contributed by atoms with van der Waals surface area (Å²) in [6, 6.07) is 4.42. The van der Waals surface area contributed by atoms with Crippen molar-refractivity contribution in [1.82, 2.24) is 4.90 Å². The van der Waals surface area contributed by atoms with Crippen LogP contribution in [-0.2, 0) is 16.0 Å². The van der Waals surface area contributed by atoms with E-state index in [1.54, 1.807) is 13.2 Å². The Morgan fingerprint density at radius 3 is 2.90 bits per heavy atom. The Morgan fingerprint density at radius 2 is 2.15 bits per heavy atom. The summed E-state index contributed by atoms with van der Waals surface area (Å²) in [5, 5.41) is 0. The number of fused-ring (bicyclic) bond motifs is 1. The number of methoxy groups -OCH3 is 1. The minimum absolute atomic E-state index is 0.0963. The molecule has 2 aliphatic rings. The standard InChI is InChI=1S/C15H19F2NO2/c1-19-14-5-4-13-15(14)20-7-6-18(13)9-10-2-3-11(16)12(17)8-10/h2-3,8,13-15H,4-7,9H2,1H3/t13-,14+,15+/m0/s1. The van der Waals surface area contributed by atoms with Crippen LogP contribution in [0.4, 0.5) is 8.78 Å². The van der Waals surface area contributed by atoms with Gasteiger partial charge < -0.3 is 9.47 Å². The van der Waals surface area contributed by atoms with Crippen LogP contribution in [0.25, 0.3) is 0 Å². The summed E-state index contributed by atoms with van der Waals surface area (Å²) in [7, 11) is 1.71. The summed E-state index contributed by atoms with van der Waals surface area (Å²) in [6.07, 6.45) is 2.25. The molecule has 1 aromatic rings. The van der Waals surface area contributed by atoms with Crippen LogP contribution in [0.3, 0.4) is 0 Å². The average Bonchev–Trinajstić information content (AvgIpc) is 2.87. The van der Waals surface area contributed by atoms with Gasteiger partial charge in [0, 0.05) is 26.2 Å². The summed E-state index contributed by atoms with van der Waals surface area (Å²) in [4.78, 5) is 2.29. The predicted molar refractivity (Wildman–Crippen MR) is 70.3 cm³/mol. The van der Waals surface area contributed by atoms with E-state index >= 15 is 0 Å². The molecule has 2 fully saturated rings. The highest BCUT2D eigenvalue weighted by molar-refractivity contribution is 5.18. The van der Waals surface area contributed by atoms with Crippen LogP contribution in [0, 0.1) is 11.6 Å². The maximum Gasteiger partial charge on any atom is 0.159 e. The molecule has 1 heterocycles. The van der Waals surface area contributed by atoms with Gasteiger partial charge in [-0.15, -0.1) is 0 Å². The Kier molecular flexibility index (Phi) is 4.01. The van der Waals surface area contributed by atoms with E-state index in [9.17, 15) is 8.78 Å². The van der Waals surface area contributed by atoms with E-state index in [1.807, 2.05) is 0 Å². The summed E-state index contributed by atoms with van der Waals surface area (Å²) in [5.74, 6) is -1.58. The molecule has 0 aromatic heterocycles. The molecule has 0 bridgehead atoms. The fourth-order valence-corrected chi connectivity index (χ4v) is 3.31. The molecule has 1 saturated carbocycles. The molecule has 1 aliphatic heterocycles. The van der Waals surface area contributed by atoms with E-state index in [0.29, 0.717) is 19.2 Å². The topological polar surface area (TPSA) is 21.7 Å². The smallest absolute Gasteiger partial charge is 0.159 e. The lowest BCUT2D eigenvalue weighted by atomic mass is 10.1. The molecule has 3 atom stereocenters. The molecule has 0 amide bonds. The van der Waals surface area contributed by atoms with Gasteiger partial charge in [0.25, 0.3) is 0 Å². The third kappa shape index (κ3) is 2.57. The Morgan fingerprint density at radius 1 is 1.30 bits per heavy atom. The average molecular weight is 283 g/mol. The van der Waals surface area contributed by atoms with Gasteiger partial charge in [-0.1, -0.05) is 6.07 Å². The number of rotatable bonds is 3. The van der Waals surface area contributed by atoms with Crippen LogP contribution >= 0.6 is 0 Å². The molecular weight excluding hydrogens is 264 g/mol. The highest BCUT2D eigenvalue weighted by Crippen LogP contribution is 2.32. The quantitative estimate of drug-likeness (QED) is 0.850. The monoisotopic (exact) mass is 283 g/mol. The van der Waals surface area contributed by atoms with E-state index in [2.05, 4.69) is 4.90 Å². The molecule has 1 aromatic carbocycles. The fraction of sp³-hybridized carbons (Fsp3) is 0.600. The number of ether oxygens (including phenoxy) is 2. The molecule has 20 heavy (non-hydrogen) atoms. The fourth-order valence-electron chi connectivity index (χ4n) is 3.31. The highest BCUT2D eigenvalue weighted by atomic mass is 19.2. The number of halogens is 2. The number of hydrogen-bond acceptors (Lipinski definition) is 3. The SMILES string of the molecule is CO[C@@H]1CC[C@H]2[C@H]1OCCN2Cc1ccc(F)c(F)c1. The van der Waals surface area contributed by atoms with Gasteiger partial charge in [0.15, 0.2) is 11.6 Å². The maximum absolute atomic E-state index is 13.3. The van der Waals surface area contributed by atoms with E-state index in [0.717, 1.165) is 24.9 Å². The third-order valence-electron chi connectivity index (χ3n) is 4.32. The van der Waals surface area contributed by atoms with E-state index in [4.69, 9.17) is 9.47 Å². The minimum Gasteiger partial charge on any atom is -0.379 e. The van der Waals surface area contributed by atoms with Crippen molar-refractivity contribution < 1.29 is 18.3 Å². The van der Waals surface area contributed by atoms with Crippen molar-refractivity contribution in [2.24, 2.45) is 0 Å². The van der Waals surface area contributed by atoms with Crippen molar-refractivity contribution in [2.75, 3.05) is 20.3 Å². The van der Waals surface area contributed by atoms with E-state index in [-0.39, 0.29) is 12.2 Å². The van der Waals surface area contributed by atoms with Gasteiger partial charge in [0.05, 0.1) is 18.8 Å². The first-order valence-electron chi connectivity index (χ1n) is 7.01. The molecule has 1 saturated heterocycles. The molecule has 0 unspecified atom stereocenters. The zero-order valence-corrected chi connectivity index (χ0v) is 11.5. The van der Waals surface area contributed by atoms with Gasteiger partial charge in [-0.2, -0.15) is 0 Å². The van der Waals surface area contributed by atoms with Gasteiger partial charge in [-0.25, -0.2) is 8.78 Å². The Hall–Kier alpha value is -1.04. The van der Waals surface area contributed by atoms with Crippen LogP contribution in [0.5, 0.6) is 0 Å². The number of benzene rings is 1. The largest absolute Gasteiger partial charge is 0.379 e. The molecule has 0 radical (unpaired) electrons. The van der Waals surface area contributed by atoms with E-state index in [1.165, 1.54) is 12.1 Å². The van der Waals surface area contributed by atoms with Crippen LogP contribution in [0.2, 0.25) is 0 Å². The van der Waals surface area contributed by atoms with Crippen LogP contribution in [0.1, 0.15) is 18.4 Å². The first-order valence-corrected chi connectivity index (χ1v) is 7.01.